The van der Waals surface area contributed by atoms with Gasteiger partial charge in [0.2, 0.25) is 0 Å². The molecule has 43 heavy (non-hydrogen) atoms. The Morgan fingerprint density at radius 3 is 2.47 bits per heavy atom. The van der Waals surface area contributed by atoms with Crippen LogP contribution in [0.3, 0.4) is 0 Å². The highest BCUT2D eigenvalue weighted by molar-refractivity contribution is 6.36. The Balaban J connectivity index is 1.64. The minimum atomic E-state index is -0.805. The maximum Gasteiger partial charge on any atom is 0.148 e. The predicted molar refractivity (Wildman–Crippen MR) is 176 cm³/mol. The maximum absolute atomic E-state index is 10.1. The van der Waals surface area contributed by atoms with Crippen molar-refractivity contribution in [3.8, 4) is 12.1 Å². The second kappa shape index (κ2) is 11.9. The number of aromatic nitrogens is 1. The van der Waals surface area contributed by atoms with Gasteiger partial charge in [-0.05, 0) is 62.6 Å². The molecule has 0 spiro atoms. The van der Waals surface area contributed by atoms with E-state index in [-0.39, 0.29) is 11.6 Å². The topological polar surface area (TPSA) is 112 Å². The van der Waals surface area contributed by atoms with Crippen LogP contribution in [-0.4, -0.2) is 23.4 Å². The van der Waals surface area contributed by atoms with Crippen LogP contribution in [-0.2, 0) is 5.44 Å². The standard InChI is InChI=1S/C33H34BClN8/c1-5-28(22-11-7-6-8-12-22)39-30-23(18-37)19-38-31-26(30)15-25(16-27(31)35)40-33(34,24-13-9-10-21(14-24)17-36)29-20-43(42-41-29)32(2,3)4/h6-16,19-20,28,40-42H,5,34H2,1-4H3,(H,38,39)/t28-,33?/m1/s1. The zero-order chi connectivity index (χ0) is 30.8. The van der Waals surface area contributed by atoms with E-state index in [1.54, 1.807) is 12.3 Å². The van der Waals surface area contributed by atoms with Gasteiger partial charge in [-0.25, -0.2) is 0 Å². The zero-order valence-electron chi connectivity index (χ0n) is 25.0. The molecule has 0 radical (unpaired) electrons. The van der Waals surface area contributed by atoms with Crippen LogP contribution in [0, 0.1) is 22.7 Å². The minimum absolute atomic E-state index is 0.0180. The first kappa shape index (κ1) is 29.8. The summed E-state index contributed by atoms with van der Waals surface area (Å²) in [4.78, 5) is 4.55. The SMILES string of the molecule is BC(Nc1cc(Cl)c2ncc(C#N)c(N[C@H](CC)c3ccccc3)c2c1)(C1=CN(C(C)(C)C)NN1)c1cccc(C#N)c1. The number of benzene rings is 3. The molecular weight excluding hydrogens is 555 g/mol. The smallest absolute Gasteiger partial charge is 0.148 e. The predicted octanol–water partition coefficient (Wildman–Crippen LogP) is 6.06. The normalized spacial score (nSPS) is 15.0. The molecule has 0 fully saturated rings. The van der Waals surface area contributed by atoms with Gasteiger partial charge in [-0.1, -0.05) is 61.0 Å². The molecule has 2 heterocycles. The van der Waals surface area contributed by atoms with Gasteiger partial charge in [0.25, 0.3) is 0 Å². The number of nitriles is 2. The van der Waals surface area contributed by atoms with Crippen LogP contribution in [0.15, 0.2) is 84.8 Å². The highest BCUT2D eigenvalue weighted by Crippen LogP contribution is 2.39. The molecule has 5 rings (SSSR count). The summed E-state index contributed by atoms with van der Waals surface area (Å²) in [5.74, 6) is 0. The molecule has 4 N–H and O–H groups in total. The summed E-state index contributed by atoms with van der Waals surface area (Å²) in [6, 6.07) is 26.1. The Morgan fingerprint density at radius 1 is 1.05 bits per heavy atom. The number of nitrogens with zero attached hydrogens (tertiary/aromatic N) is 4. The molecule has 1 aliphatic heterocycles. The fourth-order valence-electron chi connectivity index (χ4n) is 5.27. The van der Waals surface area contributed by atoms with Crippen molar-refractivity contribution in [3.05, 3.63) is 112 Å². The van der Waals surface area contributed by atoms with Crippen molar-refractivity contribution < 1.29 is 0 Å². The summed E-state index contributed by atoms with van der Waals surface area (Å²) in [5, 5.41) is 30.2. The second-order valence-electron chi connectivity index (χ2n) is 11.8. The van der Waals surface area contributed by atoms with Gasteiger partial charge < -0.3 is 16.1 Å². The van der Waals surface area contributed by atoms with E-state index in [1.807, 2.05) is 59.7 Å². The lowest BCUT2D eigenvalue weighted by atomic mass is 9.69. The molecular formula is C33H34BClN8. The monoisotopic (exact) mass is 588 g/mol. The molecule has 0 amide bonds. The van der Waals surface area contributed by atoms with Crippen molar-refractivity contribution in [3.63, 3.8) is 0 Å². The van der Waals surface area contributed by atoms with Crippen molar-refractivity contribution in [2.75, 3.05) is 10.6 Å². The van der Waals surface area contributed by atoms with E-state index in [2.05, 4.69) is 86.4 Å². The lowest BCUT2D eigenvalue weighted by Gasteiger charge is -2.34. The quantitative estimate of drug-likeness (QED) is 0.184. The highest BCUT2D eigenvalue weighted by atomic mass is 35.5. The summed E-state index contributed by atoms with van der Waals surface area (Å²) in [6.07, 6.45) is 4.41. The van der Waals surface area contributed by atoms with E-state index in [0.717, 1.165) is 34.3 Å². The van der Waals surface area contributed by atoms with Gasteiger partial charge in [0, 0.05) is 29.0 Å². The average Bonchev–Trinajstić information content (AvgIpc) is 3.52. The lowest BCUT2D eigenvalue weighted by Crippen LogP contribution is -2.49. The minimum Gasteiger partial charge on any atom is -0.378 e. The molecule has 10 heteroatoms. The lowest BCUT2D eigenvalue weighted by molar-refractivity contribution is 0.138. The van der Waals surface area contributed by atoms with Crippen LogP contribution in [0.5, 0.6) is 0 Å². The molecule has 0 saturated heterocycles. The summed E-state index contributed by atoms with van der Waals surface area (Å²) in [6.45, 7) is 8.44. The van der Waals surface area contributed by atoms with Crippen molar-refractivity contribution >= 4 is 41.7 Å². The van der Waals surface area contributed by atoms with E-state index >= 15 is 0 Å². The Kier molecular flexibility index (Phi) is 8.24. The average molecular weight is 589 g/mol. The highest BCUT2D eigenvalue weighted by Gasteiger charge is 2.37. The van der Waals surface area contributed by atoms with E-state index in [1.165, 1.54) is 0 Å². The number of hydrazine groups is 2. The first-order chi connectivity index (χ1) is 20.6. The number of hydrogen-bond donors (Lipinski definition) is 4. The molecule has 1 aromatic heterocycles. The van der Waals surface area contributed by atoms with Gasteiger partial charge in [-0.3, -0.25) is 9.99 Å². The summed E-state index contributed by atoms with van der Waals surface area (Å²) < 4.78 is 0. The van der Waals surface area contributed by atoms with Crippen LogP contribution in [0.4, 0.5) is 11.4 Å². The third-order valence-corrected chi connectivity index (χ3v) is 8.06. The first-order valence-corrected chi connectivity index (χ1v) is 14.6. The summed E-state index contributed by atoms with van der Waals surface area (Å²) >= 11 is 6.88. The van der Waals surface area contributed by atoms with Gasteiger partial charge in [-0.2, -0.15) is 10.5 Å². The van der Waals surface area contributed by atoms with Gasteiger partial charge >= 0.3 is 0 Å². The number of pyridine rings is 1. The van der Waals surface area contributed by atoms with Crippen LogP contribution < -0.4 is 21.6 Å². The molecule has 1 unspecified atom stereocenters. The van der Waals surface area contributed by atoms with Crippen LogP contribution in [0.2, 0.25) is 5.02 Å². The third-order valence-electron chi connectivity index (χ3n) is 7.77. The van der Waals surface area contributed by atoms with E-state index < -0.39 is 5.44 Å². The van der Waals surface area contributed by atoms with Crippen LogP contribution >= 0.6 is 11.6 Å². The fourth-order valence-corrected chi connectivity index (χ4v) is 5.53. The van der Waals surface area contributed by atoms with Crippen molar-refractivity contribution in [2.24, 2.45) is 0 Å². The van der Waals surface area contributed by atoms with Gasteiger partial charge in [0.05, 0.1) is 50.6 Å². The molecule has 4 aromatic rings. The number of rotatable bonds is 8. The number of fused-ring (bicyclic) bond motifs is 1. The second-order valence-corrected chi connectivity index (χ2v) is 12.2. The molecule has 2 atom stereocenters. The maximum atomic E-state index is 10.1. The van der Waals surface area contributed by atoms with Crippen molar-refractivity contribution in [2.45, 2.75) is 51.1 Å². The fraction of sp³-hybridized carbons (Fsp3) is 0.242. The Hall–Kier alpha value is -4.70. The van der Waals surface area contributed by atoms with Crippen LogP contribution in [0.25, 0.3) is 10.9 Å². The molecule has 8 nitrogen and oxygen atoms in total. The first-order valence-electron chi connectivity index (χ1n) is 14.2. The van der Waals surface area contributed by atoms with E-state index in [0.29, 0.717) is 27.4 Å². The largest absolute Gasteiger partial charge is 0.378 e. The molecule has 216 valence electrons. The van der Waals surface area contributed by atoms with Crippen molar-refractivity contribution in [1.82, 2.24) is 21.0 Å². The molecule has 0 saturated carbocycles. The molecule has 1 aliphatic rings. The molecule has 3 aromatic carbocycles. The number of anilines is 2. The van der Waals surface area contributed by atoms with Gasteiger partial charge in [-0.15, -0.1) is 5.53 Å². The third kappa shape index (κ3) is 5.96. The zero-order valence-corrected chi connectivity index (χ0v) is 25.7. The number of halogens is 1. The molecule has 0 aliphatic carbocycles. The number of hydrogen-bond acceptors (Lipinski definition) is 8. The Morgan fingerprint density at radius 2 is 1.81 bits per heavy atom. The molecule has 0 bridgehead atoms. The van der Waals surface area contributed by atoms with Crippen molar-refractivity contribution in [1.29, 1.82) is 10.5 Å². The Bertz CT molecular complexity index is 1770. The number of nitrogens with one attached hydrogen (secondary N) is 4. The van der Waals surface area contributed by atoms with Gasteiger partial charge in [0.1, 0.15) is 13.9 Å². The summed E-state index contributed by atoms with van der Waals surface area (Å²) in [7, 11) is 2.06. The van der Waals surface area contributed by atoms with Crippen LogP contribution in [0.1, 0.15) is 62.4 Å². The Labute approximate surface area is 258 Å². The summed E-state index contributed by atoms with van der Waals surface area (Å²) in [5.41, 5.74) is 11.5. The van der Waals surface area contributed by atoms with E-state index in [9.17, 15) is 10.5 Å². The van der Waals surface area contributed by atoms with E-state index in [4.69, 9.17) is 11.6 Å². The van der Waals surface area contributed by atoms with Gasteiger partial charge in [0.15, 0.2) is 0 Å².